The fraction of sp³-hybridized carbons (Fsp3) is 0.643. The number of likely N-dealkylation sites (N-methyl/N-ethyl adjacent to an activating group) is 1. The zero-order chi connectivity index (χ0) is 12.1. The summed E-state index contributed by atoms with van der Waals surface area (Å²) >= 11 is 0. The number of nitrogens with one attached hydrogen (secondary N) is 1. The topological polar surface area (TPSA) is 28.2 Å². The van der Waals surface area contributed by atoms with Crippen molar-refractivity contribution >= 4 is 0 Å². The molecule has 0 aromatic carbocycles. The lowest BCUT2D eigenvalue weighted by molar-refractivity contribution is 0.273. The van der Waals surface area contributed by atoms with Crippen molar-refractivity contribution in [2.24, 2.45) is 0 Å². The lowest BCUT2D eigenvalue weighted by Gasteiger charge is -2.21. The molecule has 1 aliphatic rings. The van der Waals surface area contributed by atoms with Crippen LogP contribution in [0.5, 0.6) is 0 Å². The zero-order valence-electron chi connectivity index (χ0n) is 10.9. The van der Waals surface area contributed by atoms with Gasteiger partial charge in [-0.2, -0.15) is 0 Å². The molecule has 3 nitrogen and oxygen atoms in total. The fourth-order valence-corrected chi connectivity index (χ4v) is 2.20. The van der Waals surface area contributed by atoms with Crippen molar-refractivity contribution in [3.63, 3.8) is 0 Å². The predicted molar refractivity (Wildman–Crippen MR) is 70.9 cm³/mol. The van der Waals surface area contributed by atoms with Gasteiger partial charge in [-0.25, -0.2) is 0 Å². The Hall–Kier alpha value is -0.930. The summed E-state index contributed by atoms with van der Waals surface area (Å²) in [5.41, 5.74) is 1.13. The van der Waals surface area contributed by atoms with E-state index in [9.17, 15) is 0 Å². The lowest BCUT2D eigenvalue weighted by atomic mass is 10.2. The van der Waals surface area contributed by atoms with Crippen molar-refractivity contribution < 1.29 is 0 Å². The molecule has 1 heterocycles. The van der Waals surface area contributed by atoms with E-state index in [0.717, 1.165) is 24.8 Å². The molecule has 1 atom stereocenters. The minimum Gasteiger partial charge on any atom is -0.308 e. The molecule has 0 spiro atoms. The molecule has 0 amide bonds. The van der Waals surface area contributed by atoms with Gasteiger partial charge in [0.2, 0.25) is 0 Å². The molecule has 0 aliphatic heterocycles. The molecule has 1 fully saturated rings. The van der Waals surface area contributed by atoms with Crippen LogP contribution in [0, 0.1) is 0 Å². The molecular weight excluding hydrogens is 210 g/mol. The Balaban J connectivity index is 1.71. The van der Waals surface area contributed by atoms with E-state index in [2.05, 4.69) is 35.1 Å². The van der Waals surface area contributed by atoms with E-state index in [1.54, 1.807) is 0 Å². The van der Waals surface area contributed by atoms with E-state index >= 15 is 0 Å². The third-order valence-corrected chi connectivity index (χ3v) is 3.45. The van der Waals surface area contributed by atoms with Gasteiger partial charge >= 0.3 is 0 Å². The zero-order valence-corrected chi connectivity index (χ0v) is 10.9. The molecule has 94 valence electrons. The standard InChI is InChI=1S/C14H23N3/c1-3-17(13-7-8-13)11-10-15-12(2)14-6-4-5-9-16-14/h4-6,9,12-13,15H,3,7-8,10-11H2,1-2H3. The first-order valence-corrected chi connectivity index (χ1v) is 6.69. The van der Waals surface area contributed by atoms with Crippen LogP contribution < -0.4 is 5.32 Å². The maximum Gasteiger partial charge on any atom is 0.0570 e. The minimum absolute atomic E-state index is 0.342. The first-order chi connectivity index (χ1) is 8.31. The van der Waals surface area contributed by atoms with Gasteiger partial charge < -0.3 is 5.32 Å². The molecule has 3 heteroatoms. The van der Waals surface area contributed by atoms with Crippen LogP contribution in [0.1, 0.15) is 38.4 Å². The lowest BCUT2D eigenvalue weighted by Crippen LogP contribution is -2.34. The molecule has 0 radical (unpaired) electrons. The van der Waals surface area contributed by atoms with Crippen LogP contribution in [0.4, 0.5) is 0 Å². The van der Waals surface area contributed by atoms with E-state index in [-0.39, 0.29) is 0 Å². The smallest absolute Gasteiger partial charge is 0.0570 e. The van der Waals surface area contributed by atoms with Crippen LogP contribution in [0.3, 0.4) is 0 Å². The molecule has 1 aromatic heterocycles. The molecule has 2 rings (SSSR count). The summed E-state index contributed by atoms with van der Waals surface area (Å²) in [4.78, 5) is 6.94. The fourth-order valence-electron chi connectivity index (χ4n) is 2.20. The van der Waals surface area contributed by atoms with Crippen LogP contribution in [0.15, 0.2) is 24.4 Å². The van der Waals surface area contributed by atoms with Crippen molar-refractivity contribution in [3.05, 3.63) is 30.1 Å². The molecule has 1 aliphatic carbocycles. The van der Waals surface area contributed by atoms with Crippen LogP contribution in [0.2, 0.25) is 0 Å². The van der Waals surface area contributed by atoms with Gasteiger partial charge in [-0.1, -0.05) is 13.0 Å². The maximum absolute atomic E-state index is 4.37. The Labute approximate surface area is 104 Å². The molecule has 1 saturated carbocycles. The summed E-state index contributed by atoms with van der Waals surface area (Å²) in [6, 6.07) is 7.29. The van der Waals surface area contributed by atoms with Crippen molar-refractivity contribution in [3.8, 4) is 0 Å². The SMILES string of the molecule is CCN(CCNC(C)c1ccccn1)C1CC1. The second-order valence-corrected chi connectivity index (χ2v) is 4.79. The highest BCUT2D eigenvalue weighted by Gasteiger charge is 2.27. The van der Waals surface area contributed by atoms with Gasteiger partial charge in [0.15, 0.2) is 0 Å². The number of aromatic nitrogens is 1. The molecule has 0 bridgehead atoms. The Morgan fingerprint density at radius 2 is 2.29 bits per heavy atom. The Kier molecular flexibility index (Phi) is 4.51. The maximum atomic E-state index is 4.37. The van der Waals surface area contributed by atoms with Crippen molar-refractivity contribution in [1.29, 1.82) is 0 Å². The van der Waals surface area contributed by atoms with Gasteiger partial charge in [0.25, 0.3) is 0 Å². The Morgan fingerprint density at radius 3 is 2.88 bits per heavy atom. The molecule has 0 saturated heterocycles. The average Bonchev–Trinajstić information content (AvgIpc) is 3.20. The minimum atomic E-state index is 0.342. The van der Waals surface area contributed by atoms with E-state index in [1.807, 2.05) is 18.3 Å². The van der Waals surface area contributed by atoms with Crippen LogP contribution in [-0.2, 0) is 0 Å². The van der Waals surface area contributed by atoms with Crippen LogP contribution in [-0.4, -0.2) is 35.6 Å². The van der Waals surface area contributed by atoms with Gasteiger partial charge in [0.1, 0.15) is 0 Å². The summed E-state index contributed by atoms with van der Waals surface area (Å²) in [6.07, 6.45) is 4.64. The summed E-state index contributed by atoms with van der Waals surface area (Å²) in [5.74, 6) is 0. The Bertz CT molecular complexity index is 321. The van der Waals surface area contributed by atoms with Crippen LogP contribution >= 0.6 is 0 Å². The second kappa shape index (κ2) is 6.12. The number of pyridine rings is 1. The average molecular weight is 233 g/mol. The summed E-state index contributed by atoms with van der Waals surface area (Å²) in [7, 11) is 0. The highest BCUT2D eigenvalue weighted by Crippen LogP contribution is 2.25. The quantitative estimate of drug-likeness (QED) is 0.782. The van der Waals surface area contributed by atoms with E-state index < -0.39 is 0 Å². The van der Waals surface area contributed by atoms with Crippen molar-refractivity contribution in [1.82, 2.24) is 15.2 Å². The van der Waals surface area contributed by atoms with E-state index in [0.29, 0.717) is 6.04 Å². The monoisotopic (exact) mass is 233 g/mol. The van der Waals surface area contributed by atoms with E-state index in [4.69, 9.17) is 0 Å². The van der Waals surface area contributed by atoms with Gasteiger partial charge in [-0.3, -0.25) is 9.88 Å². The van der Waals surface area contributed by atoms with Gasteiger partial charge in [0.05, 0.1) is 5.69 Å². The summed E-state index contributed by atoms with van der Waals surface area (Å²) in [6.45, 7) is 7.79. The van der Waals surface area contributed by atoms with Gasteiger partial charge in [-0.15, -0.1) is 0 Å². The first-order valence-electron chi connectivity index (χ1n) is 6.69. The van der Waals surface area contributed by atoms with E-state index in [1.165, 1.54) is 19.4 Å². The summed E-state index contributed by atoms with van der Waals surface area (Å²) in [5, 5.41) is 3.54. The van der Waals surface area contributed by atoms with Gasteiger partial charge in [0, 0.05) is 31.4 Å². The van der Waals surface area contributed by atoms with Crippen molar-refractivity contribution in [2.75, 3.05) is 19.6 Å². The van der Waals surface area contributed by atoms with Crippen molar-refractivity contribution in [2.45, 2.75) is 38.8 Å². The predicted octanol–water partition coefficient (Wildman–Crippen LogP) is 2.22. The molecular formula is C14H23N3. The highest BCUT2D eigenvalue weighted by atomic mass is 15.2. The largest absolute Gasteiger partial charge is 0.308 e. The van der Waals surface area contributed by atoms with Crippen LogP contribution in [0.25, 0.3) is 0 Å². The Morgan fingerprint density at radius 1 is 1.47 bits per heavy atom. The molecule has 1 N–H and O–H groups in total. The third kappa shape index (κ3) is 3.79. The number of nitrogens with zero attached hydrogens (tertiary/aromatic N) is 2. The third-order valence-electron chi connectivity index (χ3n) is 3.45. The normalized spacial score (nSPS) is 17.4. The first kappa shape index (κ1) is 12.5. The molecule has 1 aromatic rings. The second-order valence-electron chi connectivity index (χ2n) is 4.79. The summed E-state index contributed by atoms with van der Waals surface area (Å²) < 4.78 is 0. The molecule has 1 unspecified atom stereocenters. The number of rotatable bonds is 7. The highest BCUT2D eigenvalue weighted by molar-refractivity contribution is 5.07. The molecule has 17 heavy (non-hydrogen) atoms. The van der Waals surface area contributed by atoms with Gasteiger partial charge in [-0.05, 0) is 38.4 Å². The number of hydrogen-bond acceptors (Lipinski definition) is 3. The number of hydrogen-bond donors (Lipinski definition) is 1.